The molecule has 3 heterocycles. The van der Waals surface area contributed by atoms with E-state index >= 15 is 0 Å². The number of rotatable bonds is 6. The molecule has 2 aliphatic rings. The largest absolute Gasteiger partial charge is 0.365 e. The summed E-state index contributed by atoms with van der Waals surface area (Å²) in [6.07, 6.45) is 9.03. The van der Waals surface area contributed by atoms with E-state index in [0.717, 1.165) is 31.7 Å². The summed E-state index contributed by atoms with van der Waals surface area (Å²) in [5.74, 6) is -0.841. The van der Waals surface area contributed by atoms with Crippen molar-refractivity contribution in [3.8, 4) is 0 Å². The number of hydrazine groups is 1. The van der Waals surface area contributed by atoms with Crippen molar-refractivity contribution in [2.45, 2.75) is 37.8 Å². The summed E-state index contributed by atoms with van der Waals surface area (Å²) in [4.78, 5) is 20.5. The van der Waals surface area contributed by atoms with Crippen LogP contribution >= 0.6 is 11.6 Å². The van der Waals surface area contributed by atoms with Crippen LogP contribution in [0.5, 0.6) is 0 Å². The molecular formula is C20H24ClFN8O. The van der Waals surface area contributed by atoms with Gasteiger partial charge < -0.3 is 22.1 Å². The number of primary amides is 1. The molecule has 0 saturated heterocycles. The Balaban J connectivity index is 1.61. The Morgan fingerprint density at radius 1 is 1.29 bits per heavy atom. The van der Waals surface area contributed by atoms with Gasteiger partial charge in [0.25, 0.3) is 5.91 Å². The molecule has 0 unspecified atom stereocenters. The third kappa shape index (κ3) is 4.71. The number of nitrogens with zero attached hydrogens (tertiary/aromatic N) is 3. The molecule has 0 spiro atoms. The number of anilines is 4. The van der Waals surface area contributed by atoms with E-state index in [9.17, 15) is 9.18 Å². The van der Waals surface area contributed by atoms with Crippen LogP contribution in [0.15, 0.2) is 30.6 Å². The molecule has 1 fully saturated rings. The monoisotopic (exact) mass is 446 g/mol. The molecule has 0 bridgehead atoms. The molecule has 31 heavy (non-hydrogen) atoms. The maximum atomic E-state index is 14.6. The summed E-state index contributed by atoms with van der Waals surface area (Å²) in [5, 5.41) is 8.13. The third-order valence-corrected chi connectivity index (χ3v) is 5.61. The van der Waals surface area contributed by atoms with Gasteiger partial charge in [-0.2, -0.15) is 0 Å². The molecule has 2 aromatic rings. The predicted octanol–water partition coefficient (Wildman–Crippen LogP) is 2.63. The molecule has 9 nitrogen and oxygen atoms in total. The zero-order valence-electron chi connectivity index (χ0n) is 16.7. The number of pyridine rings is 2. The van der Waals surface area contributed by atoms with E-state index in [-0.39, 0.29) is 29.3 Å². The minimum Gasteiger partial charge on any atom is -0.365 e. The summed E-state index contributed by atoms with van der Waals surface area (Å²) >= 11 is 6.36. The fraction of sp³-hybridized carbons (Fsp3) is 0.350. The topological polar surface area (TPSA) is 134 Å². The lowest BCUT2D eigenvalue weighted by Crippen LogP contribution is -2.43. The molecule has 0 aromatic carbocycles. The molecule has 1 amide bonds. The van der Waals surface area contributed by atoms with Gasteiger partial charge >= 0.3 is 0 Å². The van der Waals surface area contributed by atoms with Crippen LogP contribution in [0.25, 0.3) is 0 Å². The number of carbonyl (C=O) groups excluding carboxylic acids is 1. The van der Waals surface area contributed by atoms with Crippen molar-refractivity contribution in [1.29, 1.82) is 0 Å². The molecule has 4 rings (SSSR count). The van der Waals surface area contributed by atoms with Crippen molar-refractivity contribution in [3.63, 3.8) is 0 Å². The molecule has 164 valence electrons. The molecule has 1 aliphatic heterocycles. The summed E-state index contributed by atoms with van der Waals surface area (Å²) in [7, 11) is 0. The van der Waals surface area contributed by atoms with E-state index in [1.54, 1.807) is 11.1 Å². The first-order chi connectivity index (χ1) is 14.9. The number of carbonyl (C=O) groups is 1. The van der Waals surface area contributed by atoms with Crippen molar-refractivity contribution in [3.05, 3.63) is 47.0 Å². The van der Waals surface area contributed by atoms with Crippen molar-refractivity contribution in [1.82, 2.24) is 15.4 Å². The second-order valence-corrected chi connectivity index (χ2v) is 7.96. The maximum absolute atomic E-state index is 14.6. The van der Waals surface area contributed by atoms with Gasteiger partial charge in [-0.3, -0.25) is 9.80 Å². The molecule has 2 atom stereocenters. The van der Waals surface area contributed by atoms with Crippen LogP contribution in [0.4, 0.5) is 27.5 Å². The van der Waals surface area contributed by atoms with Gasteiger partial charge in [-0.25, -0.2) is 19.8 Å². The fourth-order valence-corrected chi connectivity index (χ4v) is 3.97. The van der Waals surface area contributed by atoms with E-state index in [1.807, 2.05) is 12.3 Å². The number of amides is 1. The molecular weight excluding hydrogens is 423 g/mol. The molecule has 1 aliphatic carbocycles. The summed E-state index contributed by atoms with van der Waals surface area (Å²) in [6, 6.07) is 2.51. The molecule has 1 saturated carbocycles. The van der Waals surface area contributed by atoms with Crippen LogP contribution in [-0.4, -0.2) is 34.5 Å². The molecule has 0 radical (unpaired) electrons. The highest BCUT2D eigenvalue weighted by Crippen LogP contribution is 2.30. The Hall–Kier alpha value is -2.95. The lowest BCUT2D eigenvalue weighted by Gasteiger charge is -2.30. The van der Waals surface area contributed by atoms with Crippen LogP contribution in [0.2, 0.25) is 5.02 Å². The molecule has 2 aromatic heterocycles. The van der Waals surface area contributed by atoms with Gasteiger partial charge in [-0.1, -0.05) is 30.5 Å². The van der Waals surface area contributed by atoms with Gasteiger partial charge in [-0.05, 0) is 25.0 Å². The summed E-state index contributed by atoms with van der Waals surface area (Å²) in [5.41, 5.74) is 15.1. The number of hydrogen-bond acceptors (Lipinski definition) is 8. The summed E-state index contributed by atoms with van der Waals surface area (Å²) < 4.78 is 14.6. The second-order valence-electron chi connectivity index (χ2n) is 7.55. The molecule has 7 N–H and O–H groups in total. The van der Waals surface area contributed by atoms with Crippen molar-refractivity contribution in [2.24, 2.45) is 11.5 Å². The van der Waals surface area contributed by atoms with Crippen LogP contribution in [0, 0.1) is 5.82 Å². The molecule has 11 heteroatoms. The Kier molecular flexibility index (Phi) is 6.21. The highest BCUT2D eigenvalue weighted by Gasteiger charge is 2.24. The van der Waals surface area contributed by atoms with E-state index in [1.165, 1.54) is 6.20 Å². The minimum atomic E-state index is -0.808. The average Bonchev–Trinajstić information content (AvgIpc) is 3.26. The van der Waals surface area contributed by atoms with Gasteiger partial charge in [0.05, 0.1) is 22.5 Å². The number of hydrogen-bond donors (Lipinski definition) is 5. The van der Waals surface area contributed by atoms with Gasteiger partial charge in [0, 0.05) is 24.8 Å². The maximum Gasteiger partial charge on any atom is 0.252 e. The first-order valence-corrected chi connectivity index (χ1v) is 10.4. The minimum absolute atomic E-state index is 0.0110. The zero-order chi connectivity index (χ0) is 22.0. The number of aromatic nitrogens is 2. The van der Waals surface area contributed by atoms with Gasteiger partial charge in [0.1, 0.15) is 5.82 Å². The van der Waals surface area contributed by atoms with Crippen LogP contribution in [0.1, 0.15) is 36.0 Å². The Morgan fingerprint density at radius 2 is 2.10 bits per heavy atom. The lowest BCUT2D eigenvalue weighted by atomic mass is 9.91. The van der Waals surface area contributed by atoms with Crippen molar-refractivity contribution in [2.75, 3.05) is 22.2 Å². The second kappa shape index (κ2) is 9.04. The Labute approximate surface area is 184 Å². The smallest absolute Gasteiger partial charge is 0.252 e. The van der Waals surface area contributed by atoms with E-state index < -0.39 is 11.7 Å². The highest BCUT2D eigenvalue weighted by atomic mass is 35.5. The zero-order valence-corrected chi connectivity index (χ0v) is 17.5. The average molecular weight is 447 g/mol. The highest BCUT2D eigenvalue weighted by molar-refractivity contribution is 6.33. The van der Waals surface area contributed by atoms with Crippen LogP contribution < -0.4 is 32.5 Å². The normalized spacial score (nSPS) is 20.7. The van der Waals surface area contributed by atoms with E-state index in [0.29, 0.717) is 23.1 Å². The van der Waals surface area contributed by atoms with E-state index in [4.69, 9.17) is 23.1 Å². The van der Waals surface area contributed by atoms with Gasteiger partial charge in [0.2, 0.25) is 0 Å². The number of nitrogens with two attached hydrogens (primary N) is 2. The first-order valence-electron chi connectivity index (χ1n) is 10.1. The van der Waals surface area contributed by atoms with Gasteiger partial charge in [0.15, 0.2) is 17.5 Å². The van der Waals surface area contributed by atoms with Crippen molar-refractivity contribution >= 4 is 40.6 Å². The number of halogens is 2. The van der Waals surface area contributed by atoms with Gasteiger partial charge in [-0.15, -0.1) is 0 Å². The first kappa shape index (κ1) is 21.3. The Bertz CT molecular complexity index is 1020. The fourth-order valence-electron chi connectivity index (χ4n) is 3.71. The van der Waals surface area contributed by atoms with Crippen LogP contribution in [0.3, 0.4) is 0 Å². The number of nitrogens with one attached hydrogen (secondary N) is 3. The van der Waals surface area contributed by atoms with Crippen molar-refractivity contribution < 1.29 is 9.18 Å². The SMILES string of the molecule is NC(=O)c1cc(F)c(N[C@@H]2CCCC[C@@H]2N)nc1Nc1cnc(N2C=CCN2)c(Cl)c1. The summed E-state index contributed by atoms with van der Waals surface area (Å²) in [6.45, 7) is 0.680. The Morgan fingerprint density at radius 3 is 2.77 bits per heavy atom. The lowest BCUT2D eigenvalue weighted by molar-refractivity contribution is 0.100. The standard InChI is InChI=1S/C20H24ClFN8O/c21-13-8-11(10-25-20(13)30-7-3-6-26-30)27-18-12(17(24)31)9-14(22)19(29-18)28-16-5-2-1-4-15(16)23/h3,7-10,15-16,26H,1-2,4-6,23H2,(H2,24,31)(H2,27,28,29)/t15-,16+/m0/s1. The third-order valence-electron chi connectivity index (χ3n) is 5.33. The van der Waals surface area contributed by atoms with E-state index in [2.05, 4.69) is 26.0 Å². The quantitative estimate of drug-likeness (QED) is 0.457. The predicted molar refractivity (Wildman–Crippen MR) is 119 cm³/mol. The van der Waals surface area contributed by atoms with Crippen LogP contribution in [-0.2, 0) is 0 Å².